The molecule has 0 fully saturated rings. The third-order valence-electron chi connectivity index (χ3n) is 11.7. The second-order valence-electron chi connectivity index (χ2n) is 15.0. The third kappa shape index (κ3) is 6.03. The van der Waals surface area contributed by atoms with E-state index in [4.69, 9.17) is 0 Å². The van der Waals surface area contributed by atoms with Gasteiger partial charge >= 0.3 is 0 Å². The molecular weight excluding hydrogens is 723 g/mol. The maximum Gasteiger partial charge on any atom is 0.0714 e. The molecule has 0 heterocycles. The van der Waals surface area contributed by atoms with E-state index in [1.165, 1.54) is 4.90 Å². The molecule has 1 nitrogen and oxygen atoms in total. The van der Waals surface area contributed by atoms with Crippen molar-refractivity contribution in [3.8, 4) is 44.5 Å². The van der Waals surface area contributed by atoms with Crippen LogP contribution >= 0.6 is 0 Å². The lowest BCUT2D eigenvalue weighted by Crippen LogP contribution is -2.28. The summed E-state index contributed by atoms with van der Waals surface area (Å²) in [4.78, 5) is 1.41. The van der Waals surface area contributed by atoms with Gasteiger partial charge in [-0.3, -0.25) is 0 Å². The van der Waals surface area contributed by atoms with Crippen LogP contribution in [-0.4, -0.2) is 0 Å². The first-order valence-corrected chi connectivity index (χ1v) is 20.1. The van der Waals surface area contributed by atoms with E-state index in [1.54, 1.807) is 30.3 Å². The standard InChI is InChI=1S/C59H41N/c1-4-15-42(16-5-1)44-29-33-52(34-30-44)60(53-35-31-45(32-36-53)47-19-14-20-48(39-47)49-28-27-43-17-10-11-18-46(43)40-49)54-37-38-56-55-25-12-13-26-57(55)59(58(56)41-54,50-21-6-2-7-22-50)51-23-8-3-9-24-51/h1-41H/i29D,30D,31D,32D,33D,34D,35D,36D. The van der Waals surface area contributed by atoms with E-state index in [0.717, 1.165) is 55.3 Å². The van der Waals surface area contributed by atoms with Gasteiger partial charge in [-0.1, -0.05) is 200 Å². The van der Waals surface area contributed by atoms with Crippen LogP contribution in [-0.2, 0) is 5.41 Å². The molecule has 0 amide bonds. The Bertz CT molecular complexity index is 3520. The highest BCUT2D eigenvalue weighted by molar-refractivity contribution is 5.91. The summed E-state index contributed by atoms with van der Waals surface area (Å²) in [6, 6.07) is 62.2. The maximum atomic E-state index is 9.84. The molecule has 0 radical (unpaired) electrons. The van der Waals surface area contributed by atoms with Gasteiger partial charge < -0.3 is 4.90 Å². The van der Waals surface area contributed by atoms with Gasteiger partial charge in [-0.2, -0.15) is 0 Å². The summed E-state index contributed by atoms with van der Waals surface area (Å²) >= 11 is 0. The minimum Gasteiger partial charge on any atom is -0.310 e. The minimum atomic E-state index is -0.864. The average molecular weight is 772 g/mol. The second kappa shape index (κ2) is 14.9. The van der Waals surface area contributed by atoms with Crippen LogP contribution in [0.5, 0.6) is 0 Å². The van der Waals surface area contributed by atoms with Crippen molar-refractivity contribution in [1.82, 2.24) is 0 Å². The SMILES string of the molecule is [2H]c1c([2H])c(N(c2ccc3c(c2)C(c2ccccc2)(c2ccccc2)c2ccccc2-3)c2c([2H])c([2H])c(-c3cccc(-c4ccc5ccccc5c4)c3)c([2H])c2[2H])c([2H])c([2H])c1-c1ccccc1. The van der Waals surface area contributed by atoms with Gasteiger partial charge in [0.05, 0.1) is 16.4 Å². The molecule has 1 heteroatoms. The van der Waals surface area contributed by atoms with E-state index >= 15 is 0 Å². The quantitative estimate of drug-likeness (QED) is 0.149. The molecule has 1 aliphatic carbocycles. The number of fused-ring (bicyclic) bond motifs is 4. The first-order chi connectivity index (χ1) is 33.1. The molecule has 0 spiro atoms. The molecule has 0 bridgehead atoms. The molecule has 11 rings (SSSR count). The summed E-state index contributed by atoms with van der Waals surface area (Å²) in [5, 5.41) is 2.16. The van der Waals surface area contributed by atoms with Crippen LogP contribution in [0.25, 0.3) is 55.3 Å². The fraction of sp³-hybridized carbons (Fsp3) is 0.0169. The zero-order valence-electron chi connectivity index (χ0n) is 40.5. The molecule has 282 valence electrons. The van der Waals surface area contributed by atoms with Gasteiger partial charge in [0, 0.05) is 17.1 Å². The number of rotatable bonds is 8. The van der Waals surface area contributed by atoms with Crippen LogP contribution in [0.2, 0.25) is 0 Å². The Hall–Kier alpha value is -7.74. The van der Waals surface area contributed by atoms with E-state index in [0.29, 0.717) is 16.8 Å². The first kappa shape index (κ1) is 27.8. The molecule has 0 unspecified atom stereocenters. The Morgan fingerprint density at radius 3 is 1.47 bits per heavy atom. The van der Waals surface area contributed by atoms with Crippen LogP contribution in [0.3, 0.4) is 0 Å². The van der Waals surface area contributed by atoms with E-state index < -0.39 is 29.6 Å². The summed E-state index contributed by atoms with van der Waals surface area (Å²) < 4.78 is 77.2. The van der Waals surface area contributed by atoms with Gasteiger partial charge in [-0.15, -0.1) is 0 Å². The molecule has 0 N–H and O–H groups in total. The zero-order chi connectivity index (χ0) is 46.8. The predicted octanol–water partition coefficient (Wildman–Crippen LogP) is 15.7. The molecule has 0 saturated carbocycles. The molecular formula is C59H41N. The van der Waals surface area contributed by atoms with E-state index in [9.17, 15) is 11.0 Å². The van der Waals surface area contributed by atoms with Crippen molar-refractivity contribution in [2.75, 3.05) is 4.90 Å². The van der Waals surface area contributed by atoms with Gasteiger partial charge in [0.25, 0.3) is 0 Å². The molecule has 10 aromatic carbocycles. The van der Waals surface area contributed by atoms with Crippen LogP contribution in [0.4, 0.5) is 17.1 Å². The van der Waals surface area contributed by atoms with Gasteiger partial charge in [-0.05, 0) is 126 Å². The van der Waals surface area contributed by atoms with Crippen LogP contribution in [0.1, 0.15) is 33.2 Å². The summed E-state index contributed by atoms with van der Waals surface area (Å²) in [5.74, 6) is 0. The van der Waals surface area contributed by atoms with Crippen LogP contribution < -0.4 is 4.90 Å². The topological polar surface area (TPSA) is 3.24 Å². The average Bonchev–Trinajstić information content (AvgIpc) is 3.68. The predicted molar refractivity (Wildman–Crippen MR) is 252 cm³/mol. The number of anilines is 3. The van der Waals surface area contributed by atoms with Crippen molar-refractivity contribution in [3.05, 3.63) is 271 Å². The lowest BCUT2D eigenvalue weighted by atomic mass is 9.67. The van der Waals surface area contributed by atoms with E-state index in [-0.39, 0.29) is 46.7 Å². The summed E-state index contributed by atoms with van der Waals surface area (Å²) in [6.07, 6.45) is 0. The molecule has 0 aromatic heterocycles. The number of hydrogen-bond acceptors (Lipinski definition) is 1. The van der Waals surface area contributed by atoms with Crippen molar-refractivity contribution < 1.29 is 11.0 Å². The highest BCUT2D eigenvalue weighted by Gasteiger charge is 2.46. The van der Waals surface area contributed by atoms with Crippen LogP contribution in [0.15, 0.2) is 249 Å². The Labute approximate surface area is 363 Å². The number of benzene rings is 10. The fourth-order valence-electron chi connectivity index (χ4n) is 8.89. The van der Waals surface area contributed by atoms with Gasteiger partial charge in [0.15, 0.2) is 0 Å². The fourth-order valence-corrected chi connectivity index (χ4v) is 8.89. The van der Waals surface area contributed by atoms with Crippen molar-refractivity contribution in [2.24, 2.45) is 0 Å². The largest absolute Gasteiger partial charge is 0.310 e. The van der Waals surface area contributed by atoms with Gasteiger partial charge in [0.2, 0.25) is 0 Å². The maximum absolute atomic E-state index is 9.84. The lowest BCUT2D eigenvalue weighted by Gasteiger charge is -2.35. The third-order valence-corrected chi connectivity index (χ3v) is 11.7. The second-order valence-corrected chi connectivity index (χ2v) is 15.0. The van der Waals surface area contributed by atoms with E-state index in [2.05, 4.69) is 54.6 Å². The van der Waals surface area contributed by atoms with E-state index in [1.807, 2.05) is 115 Å². The van der Waals surface area contributed by atoms with Gasteiger partial charge in [0.1, 0.15) is 0 Å². The van der Waals surface area contributed by atoms with Crippen molar-refractivity contribution >= 4 is 27.8 Å². The van der Waals surface area contributed by atoms with Gasteiger partial charge in [-0.25, -0.2) is 0 Å². The Morgan fingerprint density at radius 2 is 0.800 bits per heavy atom. The summed E-state index contributed by atoms with van der Waals surface area (Å²) in [5.41, 5.74) is 7.93. The Kier molecular flexibility index (Phi) is 6.90. The highest BCUT2D eigenvalue weighted by Crippen LogP contribution is 2.57. The summed E-state index contributed by atoms with van der Waals surface area (Å²) in [7, 11) is 0. The molecule has 60 heavy (non-hydrogen) atoms. The summed E-state index contributed by atoms with van der Waals surface area (Å²) in [6.45, 7) is 0. The highest BCUT2D eigenvalue weighted by atomic mass is 15.1. The molecule has 0 atom stereocenters. The van der Waals surface area contributed by atoms with Crippen molar-refractivity contribution in [1.29, 1.82) is 0 Å². The monoisotopic (exact) mass is 771 g/mol. The Balaban J connectivity index is 1.18. The molecule has 0 aliphatic heterocycles. The first-order valence-electron chi connectivity index (χ1n) is 24.1. The smallest absolute Gasteiger partial charge is 0.0714 e. The minimum absolute atomic E-state index is 0.0990. The lowest BCUT2D eigenvalue weighted by molar-refractivity contribution is 0.768. The van der Waals surface area contributed by atoms with Crippen molar-refractivity contribution in [3.63, 3.8) is 0 Å². The molecule has 1 aliphatic rings. The number of hydrogen-bond donors (Lipinski definition) is 0. The zero-order valence-corrected chi connectivity index (χ0v) is 32.5. The molecule has 0 saturated heterocycles. The molecule has 10 aromatic rings. The normalized spacial score (nSPS) is 14.3. The Morgan fingerprint density at radius 1 is 0.300 bits per heavy atom. The van der Waals surface area contributed by atoms with Crippen molar-refractivity contribution in [2.45, 2.75) is 5.41 Å². The van der Waals surface area contributed by atoms with Crippen LogP contribution in [0, 0.1) is 0 Å². The number of nitrogens with zero attached hydrogens (tertiary/aromatic N) is 1.